The van der Waals surface area contributed by atoms with Crippen LogP contribution in [0, 0.1) is 5.92 Å². The molecule has 0 aromatic carbocycles. The van der Waals surface area contributed by atoms with Crippen molar-refractivity contribution in [1.29, 1.82) is 0 Å². The van der Waals surface area contributed by atoms with Gasteiger partial charge in [-0.3, -0.25) is 4.90 Å². The monoisotopic (exact) mass is 258 g/mol. The highest BCUT2D eigenvalue weighted by Crippen LogP contribution is 2.24. The van der Waals surface area contributed by atoms with Gasteiger partial charge in [-0.15, -0.1) is 0 Å². The molecule has 0 saturated carbocycles. The molecule has 2 unspecified atom stereocenters. The first-order valence-electron chi connectivity index (χ1n) is 7.25. The van der Waals surface area contributed by atoms with Crippen molar-refractivity contribution in [3.63, 3.8) is 0 Å². The van der Waals surface area contributed by atoms with E-state index in [-0.39, 0.29) is 0 Å². The van der Waals surface area contributed by atoms with Crippen LogP contribution in [0.15, 0.2) is 0 Å². The van der Waals surface area contributed by atoms with Gasteiger partial charge in [-0.25, -0.2) is 0 Å². The summed E-state index contributed by atoms with van der Waals surface area (Å²) in [6.07, 6.45) is 2.55. The van der Waals surface area contributed by atoms with Crippen LogP contribution in [0.1, 0.15) is 40.5 Å². The van der Waals surface area contributed by atoms with E-state index in [0.29, 0.717) is 0 Å². The molecule has 1 saturated heterocycles. The highest BCUT2D eigenvalue weighted by atomic mass is 32.2. The van der Waals surface area contributed by atoms with Crippen molar-refractivity contribution in [2.24, 2.45) is 5.92 Å². The van der Waals surface area contributed by atoms with Gasteiger partial charge in [0.2, 0.25) is 0 Å². The Hall–Kier alpha value is 0.270. The highest BCUT2D eigenvalue weighted by molar-refractivity contribution is 8.00. The van der Waals surface area contributed by atoms with Crippen LogP contribution in [0.2, 0.25) is 0 Å². The van der Waals surface area contributed by atoms with Crippen LogP contribution >= 0.6 is 11.8 Å². The van der Waals surface area contributed by atoms with E-state index in [4.69, 9.17) is 0 Å². The minimum absolute atomic E-state index is 0.719. The Labute approximate surface area is 112 Å². The normalized spacial score (nSPS) is 24.2. The fraction of sp³-hybridized carbons (Fsp3) is 1.00. The van der Waals surface area contributed by atoms with Gasteiger partial charge in [-0.05, 0) is 25.3 Å². The topological polar surface area (TPSA) is 15.3 Å². The van der Waals surface area contributed by atoms with Crippen molar-refractivity contribution in [3.05, 3.63) is 0 Å². The molecule has 1 N–H and O–H groups in total. The summed E-state index contributed by atoms with van der Waals surface area (Å²) in [4.78, 5) is 2.72. The quantitative estimate of drug-likeness (QED) is 0.707. The van der Waals surface area contributed by atoms with Gasteiger partial charge < -0.3 is 5.32 Å². The van der Waals surface area contributed by atoms with E-state index in [0.717, 1.165) is 30.3 Å². The summed E-state index contributed by atoms with van der Waals surface area (Å²) in [6.45, 7) is 14.2. The summed E-state index contributed by atoms with van der Waals surface area (Å²) >= 11 is 2.16. The lowest BCUT2D eigenvalue weighted by molar-refractivity contribution is 0.156. The van der Waals surface area contributed by atoms with Crippen molar-refractivity contribution >= 4 is 11.8 Å². The Bertz CT molecular complexity index is 197. The molecule has 17 heavy (non-hydrogen) atoms. The summed E-state index contributed by atoms with van der Waals surface area (Å²) < 4.78 is 0. The van der Waals surface area contributed by atoms with E-state index < -0.39 is 0 Å². The zero-order chi connectivity index (χ0) is 12.7. The smallest absolute Gasteiger partial charge is 0.0244 e. The number of nitrogens with zero attached hydrogens (tertiary/aromatic N) is 1. The SMILES string of the molecule is CCCNCC(C(C)C)N1CCSC(CC)C1. The molecule has 0 aliphatic carbocycles. The molecular formula is C14H30N2S. The van der Waals surface area contributed by atoms with Gasteiger partial charge in [0.1, 0.15) is 0 Å². The van der Waals surface area contributed by atoms with Gasteiger partial charge in [0, 0.05) is 36.7 Å². The summed E-state index contributed by atoms with van der Waals surface area (Å²) in [5, 5.41) is 4.46. The maximum atomic E-state index is 3.60. The first-order chi connectivity index (χ1) is 8.19. The number of thioether (sulfide) groups is 1. The van der Waals surface area contributed by atoms with Crippen molar-refractivity contribution < 1.29 is 0 Å². The molecule has 2 nitrogen and oxygen atoms in total. The molecule has 0 aromatic rings. The van der Waals surface area contributed by atoms with Gasteiger partial charge in [0.15, 0.2) is 0 Å². The molecule has 0 spiro atoms. The average Bonchev–Trinajstić information content (AvgIpc) is 2.34. The molecule has 0 amide bonds. The third kappa shape index (κ3) is 5.19. The lowest BCUT2D eigenvalue weighted by atomic mass is 10.0. The molecule has 0 bridgehead atoms. The zero-order valence-corrected chi connectivity index (χ0v) is 12.9. The minimum atomic E-state index is 0.719. The van der Waals surface area contributed by atoms with E-state index in [1.165, 1.54) is 31.7 Å². The van der Waals surface area contributed by atoms with E-state index in [1.807, 2.05) is 0 Å². The van der Waals surface area contributed by atoms with E-state index in [1.54, 1.807) is 0 Å². The van der Waals surface area contributed by atoms with E-state index >= 15 is 0 Å². The summed E-state index contributed by atoms with van der Waals surface area (Å²) in [5.74, 6) is 2.06. The van der Waals surface area contributed by atoms with Crippen LogP contribution in [0.4, 0.5) is 0 Å². The standard InChI is InChI=1S/C14H30N2S/c1-5-7-15-10-14(12(3)4)16-8-9-17-13(6-2)11-16/h12-15H,5-11H2,1-4H3. The third-order valence-corrected chi connectivity index (χ3v) is 5.02. The minimum Gasteiger partial charge on any atom is -0.315 e. The maximum absolute atomic E-state index is 3.60. The second-order valence-corrected chi connectivity index (χ2v) is 6.82. The molecule has 1 aliphatic heterocycles. The molecule has 1 rings (SSSR count). The lowest BCUT2D eigenvalue weighted by Crippen LogP contribution is -2.51. The number of hydrogen-bond donors (Lipinski definition) is 1. The number of rotatable bonds is 7. The van der Waals surface area contributed by atoms with Gasteiger partial charge >= 0.3 is 0 Å². The van der Waals surface area contributed by atoms with Gasteiger partial charge in [-0.2, -0.15) is 11.8 Å². The molecular weight excluding hydrogens is 228 g/mol. The number of hydrogen-bond acceptors (Lipinski definition) is 3. The predicted molar refractivity (Wildman–Crippen MR) is 79.9 cm³/mol. The largest absolute Gasteiger partial charge is 0.315 e. The molecule has 1 aliphatic rings. The second kappa shape index (κ2) is 8.39. The van der Waals surface area contributed by atoms with Crippen molar-refractivity contribution in [2.45, 2.75) is 51.8 Å². The summed E-state index contributed by atoms with van der Waals surface area (Å²) in [7, 11) is 0. The van der Waals surface area contributed by atoms with Gasteiger partial charge in [-0.1, -0.05) is 27.7 Å². The summed E-state index contributed by atoms with van der Waals surface area (Å²) in [6, 6.07) is 0.719. The second-order valence-electron chi connectivity index (χ2n) is 5.41. The van der Waals surface area contributed by atoms with Gasteiger partial charge in [0.25, 0.3) is 0 Å². The van der Waals surface area contributed by atoms with Crippen molar-refractivity contribution in [3.8, 4) is 0 Å². The van der Waals surface area contributed by atoms with Crippen molar-refractivity contribution in [2.75, 3.05) is 31.9 Å². The Balaban J connectivity index is 2.44. The molecule has 102 valence electrons. The zero-order valence-electron chi connectivity index (χ0n) is 12.0. The Morgan fingerprint density at radius 3 is 2.71 bits per heavy atom. The predicted octanol–water partition coefficient (Wildman–Crippen LogP) is 2.84. The lowest BCUT2D eigenvalue weighted by Gasteiger charge is -2.40. The fourth-order valence-electron chi connectivity index (χ4n) is 2.50. The maximum Gasteiger partial charge on any atom is 0.0244 e. The van der Waals surface area contributed by atoms with E-state index in [2.05, 4.69) is 49.7 Å². The Morgan fingerprint density at radius 2 is 2.12 bits per heavy atom. The highest BCUT2D eigenvalue weighted by Gasteiger charge is 2.26. The molecule has 1 fully saturated rings. The molecule has 2 atom stereocenters. The fourth-order valence-corrected chi connectivity index (χ4v) is 3.71. The first-order valence-corrected chi connectivity index (χ1v) is 8.30. The molecule has 3 heteroatoms. The molecule has 0 aromatic heterocycles. The van der Waals surface area contributed by atoms with Crippen LogP contribution in [-0.4, -0.2) is 48.1 Å². The van der Waals surface area contributed by atoms with Crippen LogP contribution in [-0.2, 0) is 0 Å². The van der Waals surface area contributed by atoms with E-state index in [9.17, 15) is 0 Å². The summed E-state index contributed by atoms with van der Waals surface area (Å²) in [5.41, 5.74) is 0. The Kier molecular flexibility index (Phi) is 7.56. The van der Waals surface area contributed by atoms with Crippen LogP contribution in [0.5, 0.6) is 0 Å². The Morgan fingerprint density at radius 1 is 1.35 bits per heavy atom. The van der Waals surface area contributed by atoms with Gasteiger partial charge in [0.05, 0.1) is 0 Å². The van der Waals surface area contributed by atoms with Crippen LogP contribution in [0.25, 0.3) is 0 Å². The van der Waals surface area contributed by atoms with Crippen LogP contribution in [0.3, 0.4) is 0 Å². The number of nitrogens with one attached hydrogen (secondary N) is 1. The molecule has 0 radical (unpaired) electrons. The molecule has 1 heterocycles. The first kappa shape index (κ1) is 15.3. The average molecular weight is 258 g/mol. The third-order valence-electron chi connectivity index (χ3n) is 3.64. The van der Waals surface area contributed by atoms with Crippen molar-refractivity contribution in [1.82, 2.24) is 10.2 Å². The van der Waals surface area contributed by atoms with Crippen LogP contribution < -0.4 is 5.32 Å².